The quantitative estimate of drug-likeness (QED) is 0.802. The third-order valence-corrected chi connectivity index (χ3v) is 6.10. The third-order valence-electron chi connectivity index (χ3n) is 3.55. The molecule has 0 spiro atoms. The molecule has 122 valence electrons. The average molecular weight is 326 g/mol. The summed E-state index contributed by atoms with van der Waals surface area (Å²) in [6.45, 7) is 4.14. The van der Waals surface area contributed by atoms with E-state index in [0.717, 1.165) is 0 Å². The van der Waals surface area contributed by atoms with Crippen LogP contribution in [0.2, 0.25) is 0 Å². The first-order valence-electron chi connectivity index (χ1n) is 6.86. The van der Waals surface area contributed by atoms with Crippen molar-refractivity contribution in [3.8, 4) is 0 Å². The van der Waals surface area contributed by atoms with E-state index in [1.54, 1.807) is 30.3 Å². The summed E-state index contributed by atoms with van der Waals surface area (Å²) in [5.41, 5.74) is 0.633. The molecule has 0 bridgehead atoms. The second-order valence-corrected chi connectivity index (χ2v) is 8.17. The molecule has 1 rings (SSSR count). The van der Waals surface area contributed by atoms with Crippen molar-refractivity contribution < 1.29 is 18.0 Å². The fourth-order valence-corrected chi connectivity index (χ4v) is 3.59. The fraction of sp³-hybridized carbons (Fsp3) is 0.467. The molecule has 0 fully saturated rings. The normalized spacial score (nSPS) is 13.3. The van der Waals surface area contributed by atoms with E-state index in [9.17, 15) is 18.0 Å². The second kappa shape index (κ2) is 6.91. The monoisotopic (exact) mass is 326 g/mol. The Bertz CT molecular complexity index is 639. The Morgan fingerprint density at radius 1 is 1.18 bits per heavy atom. The molecule has 0 saturated heterocycles. The minimum Gasteiger partial charge on any atom is -0.357 e. The van der Waals surface area contributed by atoms with Crippen molar-refractivity contribution in [1.82, 2.24) is 10.6 Å². The summed E-state index contributed by atoms with van der Waals surface area (Å²) in [7, 11) is -2.29. The van der Waals surface area contributed by atoms with E-state index in [2.05, 4.69) is 10.6 Å². The summed E-state index contributed by atoms with van der Waals surface area (Å²) < 4.78 is 24.0. The highest BCUT2D eigenvalue weighted by Gasteiger charge is 2.45. The van der Waals surface area contributed by atoms with Crippen LogP contribution in [0.25, 0.3) is 0 Å². The molecule has 0 aliphatic rings. The van der Waals surface area contributed by atoms with Gasteiger partial charge in [-0.3, -0.25) is 9.59 Å². The van der Waals surface area contributed by atoms with Crippen molar-refractivity contribution in [3.63, 3.8) is 0 Å². The van der Waals surface area contributed by atoms with E-state index < -0.39 is 32.4 Å². The first-order valence-corrected chi connectivity index (χ1v) is 8.52. The maximum absolute atomic E-state index is 12.7. The number of amides is 2. The molecule has 2 N–H and O–H groups in total. The van der Waals surface area contributed by atoms with Crippen LogP contribution in [-0.4, -0.2) is 38.1 Å². The number of hydrogen-bond acceptors (Lipinski definition) is 4. The van der Waals surface area contributed by atoms with E-state index in [-0.39, 0.29) is 5.75 Å². The lowest BCUT2D eigenvalue weighted by atomic mass is 10.0. The van der Waals surface area contributed by atoms with Gasteiger partial charge in [0.25, 0.3) is 0 Å². The molecule has 1 aromatic carbocycles. The van der Waals surface area contributed by atoms with Gasteiger partial charge in [-0.05, 0) is 19.4 Å². The molecule has 1 aromatic rings. The summed E-state index contributed by atoms with van der Waals surface area (Å²) in [6.07, 6.45) is 0. The first-order chi connectivity index (χ1) is 10.1. The summed E-state index contributed by atoms with van der Waals surface area (Å²) >= 11 is 0. The minimum absolute atomic E-state index is 0.200. The van der Waals surface area contributed by atoms with Gasteiger partial charge >= 0.3 is 0 Å². The number of rotatable bonds is 6. The molecule has 1 unspecified atom stereocenters. The van der Waals surface area contributed by atoms with Crippen molar-refractivity contribution in [2.75, 3.05) is 7.05 Å². The van der Waals surface area contributed by atoms with E-state index in [0.29, 0.717) is 5.56 Å². The highest BCUT2D eigenvalue weighted by atomic mass is 32.2. The van der Waals surface area contributed by atoms with Crippen LogP contribution in [-0.2, 0) is 25.2 Å². The molecule has 0 aromatic heterocycles. The second-order valence-electron chi connectivity index (χ2n) is 5.60. The molecule has 0 heterocycles. The summed E-state index contributed by atoms with van der Waals surface area (Å²) in [5.74, 6) is -1.21. The lowest BCUT2D eigenvalue weighted by Gasteiger charge is -2.33. The SMILES string of the molecule is CNC(=O)C(NC(C)=O)C(C)(C)S(=O)(=O)Cc1ccccc1. The van der Waals surface area contributed by atoms with Crippen LogP contribution in [0, 0.1) is 0 Å². The van der Waals surface area contributed by atoms with Crippen LogP contribution in [0.5, 0.6) is 0 Å². The van der Waals surface area contributed by atoms with Crippen LogP contribution < -0.4 is 10.6 Å². The van der Waals surface area contributed by atoms with Gasteiger partial charge in [0.15, 0.2) is 9.84 Å². The Morgan fingerprint density at radius 2 is 1.73 bits per heavy atom. The molecule has 0 saturated carbocycles. The smallest absolute Gasteiger partial charge is 0.243 e. The zero-order valence-electron chi connectivity index (χ0n) is 13.2. The Kier molecular flexibility index (Phi) is 5.71. The number of carbonyl (C=O) groups excluding carboxylic acids is 2. The molecular weight excluding hydrogens is 304 g/mol. The molecule has 0 aliphatic heterocycles. The van der Waals surface area contributed by atoms with Crippen LogP contribution in [0.15, 0.2) is 30.3 Å². The van der Waals surface area contributed by atoms with Crippen molar-refractivity contribution in [2.24, 2.45) is 0 Å². The highest BCUT2D eigenvalue weighted by molar-refractivity contribution is 7.92. The van der Waals surface area contributed by atoms with E-state index >= 15 is 0 Å². The molecule has 22 heavy (non-hydrogen) atoms. The Balaban J connectivity index is 3.16. The molecule has 0 aliphatic carbocycles. The number of hydrogen-bond donors (Lipinski definition) is 2. The van der Waals surface area contributed by atoms with E-state index in [1.165, 1.54) is 27.8 Å². The zero-order valence-corrected chi connectivity index (χ0v) is 14.0. The van der Waals surface area contributed by atoms with Gasteiger partial charge < -0.3 is 10.6 Å². The Labute approximate surface area is 131 Å². The lowest BCUT2D eigenvalue weighted by molar-refractivity contribution is -0.128. The third kappa shape index (κ3) is 4.07. The fourth-order valence-electron chi connectivity index (χ4n) is 2.06. The molecule has 0 radical (unpaired) electrons. The van der Waals surface area contributed by atoms with Crippen molar-refractivity contribution in [3.05, 3.63) is 35.9 Å². The lowest BCUT2D eigenvalue weighted by Crippen LogP contribution is -2.60. The molecule has 1 atom stereocenters. The highest BCUT2D eigenvalue weighted by Crippen LogP contribution is 2.25. The summed E-state index contributed by atoms with van der Waals surface area (Å²) in [6, 6.07) is 7.56. The van der Waals surface area contributed by atoms with Gasteiger partial charge in [-0.2, -0.15) is 0 Å². The molecule has 7 heteroatoms. The van der Waals surface area contributed by atoms with Gasteiger partial charge in [-0.15, -0.1) is 0 Å². The topological polar surface area (TPSA) is 92.3 Å². The van der Waals surface area contributed by atoms with E-state index in [1.807, 2.05) is 0 Å². The number of carbonyl (C=O) groups is 2. The van der Waals surface area contributed by atoms with Gasteiger partial charge in [0, 0.05) is 14.0 Å². The van der Waals surface area contributed by atoms with Crippen LogP contribution in [0.1, 0.15) is 26.3 Å². The standard InChI is InChI=1S/C15H22N2O4S/c1-11(18)17-13(14(19)16-4)15(2,3)22(20,21)10-12-8-6-5-7-9-12/h5-9,13H,10H2,1-4H3,(H,16,19)(H,17,18). The van der Waals surface area contributed by atoms with Crippen LogP contribution in [0.4, 0.5) is 0 Å². The number of likely N-dealkylation sites (N-methyl/N-ethyl adjacent to an activating group) is 1. The molecular formula is C15H22N2O4S. The molecule has 6 nitrogen and oxygen atoms in total. The van der Waals surface area contributed by atoms with Gasteiger partial charge in [0.2, 0.25) is 11.8 Å². The van der Waals surface area contributed by atoms with Gasteiger partial charge in [0.05, 0.1) is 10.5 Å². The van der Waals surface area contributed by atoms with Gasteiger partial charge in [-0.1, -0.05) is 30.3 Å². The van der Waals surface area contributed by atoms with Crippen molar-refractivity contribution >= 4 is 21.7 Å². The van der Waals surface area contributed by atoms with Crippen molar-refractivity contribution in [1.29, 1.82) is 0 Å². The predicted octanol–water partition coefficient (Wildman–Crippen LogP) is 0.631. The summed E-state index contributed by atoms with van der Waals surface area (Å²) in [4.78, 5) is 23.3. The maximum atomic E-state index is 12.7. The average Bonchev–Trinajstić information content (AvgIpc) is 2.44. The summed E-state index contributed by atoms with van der Waals surface area (Å²) in [5, 5.41) is 4.83. The van der Waals surface area contributed by atoms with Crippen LogP contribution >= 0.6 is 0 Å². The Morgan fingerprint density at radius 3 is 2.18 bits per heavy atom. The number of benzene rings is 1. The number of sulfone groups is 1. The van der Waals surface area contributed by atoms with Gasteiger partial charge in [0.1, 0.15) is 6.04 Å². The minimum atomic E-state index is -3.69. The first kappa shape index (κ1) is 18.2. The number of nitrogens with one attached hydrogen (secondary N) is 2. The van der Waals surface area contributed by atoms with E-state index in [4.69, 9.17) is 0 Å². The predicted molar refractivity (Wildman–Crippen MR) is 84.8 cm³/mol. The maximum Gasteiger partial charge on any atom is 0.243 e. The van der Waals surface area contributed by atoms with Crippen LogP contribution in [0.3, 0.4) is 0 Å². The Hall–Kier alpha value is -1.89. The molecule has 2 amide bonds. The largest absolute Gasteiger partial charge is 0.357 e. The van der Waals surface area contributed by atoms with Gasteiger partial charge in [-0.25, -0.2) is 8.42 Å². The van der Waals surface area contributed by atoms with Crippen molar-refractivity contribution in [2.45, 2.75) is 37.3 Å². The zero-order chi connectivity index (χ0) is 17.0.